The summed E-state index contributed by atoms with van der Waals surface area (Å²) in [4.78, 5) is 24.7. The first-order valence-electron chi connectivity index (χ1n) is 8.99. The van der Waals surface area contributed by atoms with E-state index in [0.717, 1.165) is 4.68 Å². The molecule has 1 aromatic heterocycles. The average molecular weight is 464 g/mol. The van der Waals surface area contributed by atoms with E-state index in [1.807, 2.05) is 0 Å². The topological polar surface area (TPSA) is 91.7 Å². The van der Waals surface area contributed by atoms with E-state index >= 15 is 0 Å². The Hall–Kier alpha value is -3.23. The van der Waals surface area contributed by atoms with Crippen molar-refractivity contribution in [1.29, 1.82) is 0 Å². The number of hydrogen-bond acceptors (Lipinski definition) is 6. The van der Waals surface area contributed by atoms with E-state index in [9.17, 15) is 9.59 Å². The number of aromatic nitrogens is 2. The van der Waals surface area contributed by atoms with Crippen LogP contribution < -0.4 is 25.1 Å². The first kappa shape index (κ1) is 22.5. The molecule has 0 aliphatic heterocycles. The zero-order valence-corrected chi connectivity index (χ0v) is 18.5. The minimum absolute atomic E-state index is 0.304. The second kappa shape index (κ2) is 9.72. The van der Waals surface area contributed by atoms with Gasteiger partial charge in [0.15, 0.2) is 11.5 Å². The van der Waals surface area contributed by atoms with Gasteiger partial charge in [0, 0.05) is 27.4 Å². The largest absolute Gasteiger partial charge is 0.493 e. The molecule has 0 unspecified atom stereocenters. The highest BCUT2D eigenvalue weighted by molar-refractivity contribution is 6.35. The number of anilines is 1. The van der Waals surface area contributed by atoms with Gasteiger partial charge in [0.1, 0.15) is 6.54 Å². The fraction of sp³-hybridized carbons (Fsp3) is 0.190. The molecule has 0 atom stereocenters. The first-order valence-corrected chi connectivity index (χ1v) is 9.74. The average Bonchev–Trinajstić information content (AvgIpc) is 2.73. The fourth-order valence-corrected chi connectivity index (χ4v) is 3.43. The van der Waals surface area contributed by atoms with E-state index in [1.54, 1.807) is 36.4 Å². The minimum atomic E-state index is -0.463. The zero-order valence-electron chi connectivity index (χ0n) is 16.9. The van der Waals surface area contributed by atoms with Gasteiger partial charge in [-0.1, -0.05) is 23.2 Å². The summed E-state index contributed by atoms with van der Waals surface area (Å²) in [7, 11) is 4.51. The Kier molecular flexibility index (Phi) is 7.04. The van der Waals surface area contributed by atoms with Crippen LogP contribution in [0.25, 0.3) is 11.3 Å². The highest BCUT2D eigenvalue weighted by Gasteiger charge is 2.16. The van der Waals surface area contributed by atoms with Crippen LogP contribution in [-0.4, -0.2) is 37.0 Å². The second-order valence-corrected chi connectivity index (χ2v) is 7.21. The molecule has 1 heterocycles. The maximum atomic E-state index is 12.4. The summed E-state index contributed by atoms with van der Waals surface area (Å²) >= 11 is 11.9. The molecule has 0 radical (unpaired) electrons. The molecule has 3 aromatic rings. The third-order valence-electron chi connectivity index (χ3n) is 4.27. The van der Waals surface area contributed by atoms with Crippen molar-refractivity contribution in [2.75, 3.05) is 26.6 Å². The third kappa shape index (κ3) is 5.28. The van der Waals surface area contributed by atoms with Crippen molar-refractivity contribution in [2.45, 2.75) is 6.54 Å². The van der Waals surface area contributed by atoms with Gasteiger partial charge >= 0.3 is 0 Å². The van der Waals surface area contributed by atoms with Gasteiger partial charge in [-0.15, -0.1) is 0 Å². The quantitative estimate of drug-likeness (QED) is 0.571. The van der Waals surface area contributed by atoms with E-state index in [2.05, 4.69) is 10.4 Å². The molecular formula is C21H19Cl2N3O5. The SMILES string of the molecule is COc1cc(-c2ccc(=O)n(CC(=O)Nc3cc(Cl)cc(Cl)c3)n2)cc(OC)c1OC. The van der Waals surface area contributed by atoms with Gasteiger partial charge in [-0.3, -0.25) is 9.59 Å². The molecule has 0 saturated heterocycles. The molecule has 2 aromatic carbocycles. The van der Waals surface area contributed by atoms with Crippen LogP contribution in [0.1, 0.15) is 0 Å². The normalized spacial score (nSPS) is 10.5. The first-order chi connectivity index (χ1) is 14.8. The standard InChI is InChI=1S/C21H19Cl2N3O5/c1-29-17-6-12(7-18(30-2)21(17)31-3)16-4-5-20(28)26(25-16)11-19(27)24-15-9-13(22)8-14(23)10-15/h4-10H,11H2,1-3H3,(H,24,27). The van der Waals surface area contributed by atoms with Crippen molar-refractivity contribution < 1.29 is 19.0 Å². The van der Waals surface area contributed by atoms with Crippen LogP contribution in [0.2, 0.25) is 10.0 Å². The number of amides is 1. The van der Waals surface area contributed by atoms with Crippen molar-refractivity contribution in [3.05, 3.63) is 62.9 Å². The highest BCUT2D eigenvalue weighted by atomic mass is 35.5. The number of rotatable bonds is 7. The van der Waals surface area contributed by atoms with Crippen LogP contribution in [0.15, 0.2) is 47.3 Å². The summed E-state index contributed by atoms with van der Waals surface area (Å²) in [6.07, 6.45) is 0. The summed E-state index contributed by atoms with van der Waals surface area (Å²) in [6.45, 7) is -0.304. The van der Waals surface area contributed by atoms with Crippen molar-refractivity contribution in [3.8, 4) is 28.5 Å². The monoisotopic (exact) mass is 463 g/mol. The van der Waals surface area contributed by atoms with Crippen molar-refractivity contribution in [3.63, 3.8) is 0 Å². The molecular weight excluding hydrogens is 445 g/mol. The molecule has 31 heavy (non-hydrogen) atoms. The molecule has 0 spiro atoms. The highest BCUT2D eigenvalue weighted by Crippen LogP contribution is 2.40. The minimum Gasteiger partial charge on any atom is -0.493 e. The van der Waals surface area contributed by atoms with Crippen LogP contribution in [0.5, 0.6) is 17.2 Å². The van der Waals surface area contributed by atoms with Gasteiger partial charge in [0.05, 0.1) is 27.0 Å². The molecule has 3 rings (SSSR count). The molecule has 0 saturated carbocycles. The number of carbonyl (C=O) groups is 1. The van der Waals surface area contributed by atoms with Crippen LogP contribution in [0.3, 0.4) is 0 Å². The van der Waals surface area contributed by atoms with Gasteiger partial charge in [0.2, 0.25) is 11.7 Å². The number of carbonyl (C=O) groups excluding carboxylic acids is 1. The lowest BCUT2D eigenvalue weighted by atomic mass is 10.1. The summed E-state index contributed by atoms with van der Waals surface area (Å²) in [5.74, 6) is 0.843. The predicted molar refractivity (Wildman–Crippen MR) is 119 cm³/mol. The molecule has 0 bridgehead atoms. The molecule has 0 aliphatic carbocycles. The van der Waals surface area contributed by atoms with Crippen LogP contribution in [-0.2, 0) is 11.3 Å². The Morgan fingerprint density at radius 1 is 0.968 bits per heavy atom. The number of ether oxygens (including phenoxy) is 3. The predicted octanol–water partition coefficient (Wildman–Crippen LogP) is 3.88. The smallest absolute Gasteiger partial charge is 0.267 e. The summed E-state index contributed by atoms with van der Waals surface area (Å²) in [6, 6.07) is 10.9. The van der Waals surface area contributed by atoms with Crippen molar-refractivity contribution in [1.82, 2.24) is 9.78 Å². The van der Waals surface area contributed by atoms with E-state index in [-0.39, 0.29) is 6.54 Å². The van der Waals surface area contributed by atoms with E-state index in [0.29, 0.717) is 44.2 Å². The van der Waals surface area contributed by atoms with Gasteiger partial charge in [-0.2, -0.15) is 5.10 Å². The Balaban J connectivity index is 1.90. The van der Waals surface area contributed by atoms with Crippen LogP contribution in [0.4, 0.5) is 5.69 Å². The van der Waals surface area contributed by atoms with Gasteiger partial charge < -0.3 is 19.5 Å². The lowest BCUT2D eigenvalue weighted by Gasteiger charge is -2.14. The lowest BCUT2D eigenvalue weighted by molar-refractivity contribution is -0.117. The number of nitrogens with zero attached hydrogens (tertiary/aromatic N) is 2. The van der Waals surface area contributed by atoms with Gasteiger partial charge in [-0.25, -0.2) is 4.68 Å². The fourth-order valence-electron chi connectivity index (χ4n) is 2.91. The molecule has 0 aliphatic rings. The maximum absolute atomic E-state index is 12.4. The number of hydrogen-bond donors (Lipinski definition) is 1. The summed E-state index contributed by atoms with van der Waals surface area (Å²) in [5.41, 5.74) is 1.04. The lowest BCUT2D eigenvalue weighted by Crippen LogP contribution is -2.29. The molecule has 1 amide bonds. The molecule has 162 valence electrons. The Labute approximate surface area is 188 Å². The number of benzene rings is 2. The molecule has 8 nitrogen and oxygen atoms in total. The summed E-state index contributed by atoms with van der Waals surface area (Å²) in [5, 5.41) is 7.71. The second-order valence-electron chi connectivity index (χ2n) is 6.33. The molecule has 10 heteroatoms. The van der Waals surface area contributed by atoms with Crippen LogP contribution >= 0.6 is 23.2 Å². The van der Waals surface area contributed by atoms with E-state index in [4.69, 9.17) is 37.4 Å². The third-order valence-corrected chi connectivity index (χ3v) is 4.70. The Morgan fingerprint density at radius 2 is 1.58 bits per heavy atom. The zero-order chi connectivity index (χ0) is 22.5. The van der Waals surface area contributed by atoms with Crippen LogP contribution in [0, 0.1) is 0 Å². The number of methoxy groups -OCH3 is 3. The van der Waals surface area contributed by atoms with Gasteiger partial charge in [-0.05, 0) is 36.4 Å². The Bertz CT molecular complexity index is 1130. The number of halogens is 2. The maximum Gasteiger partial charge on any atom is 0.267 e. The summed E-state index contributed by atoms with van der Waals surface area (Å²) < 4.78 is 17.1. The van der Waals surface area contributed by atoms with Crippen molar-refractivity contribution >= 4 is 34.8 Å². The van der Waals surface area contributed by atoms with Gasteiger partial charge in [0.25, 0.3) is 5.56 Å². The number of nitrogens with one attached hydrogen (secondary N) is 1. The molecule has 0 fully saturated rings. The Morgan fingerprint density at radius 3 is 2.13 bits per heavy atom. The van der Waals surface area contributed by atoms with Crippen molar-refractivity contribution in [2.24, 2.45) is 0 Å². The molecule has 1 N–H and O–H groups in total. The van der Waals surface area contributed by atoms with E-state index < -0.39 is 11.5 Å². The van der Waals surface area contributed by atoms with E-state index in [1.165, 1.54) is 27.4 Å².